The van der Waals surface area contributed by atoms with Crippen molar-refractivity contribution in [3.05, 3.63) is 63.2 Å². The van der Waals surface area contributed by atoms with Crippen molar-refractivity contribution in [3.8, 4) is 5.69 Å². The van der Waals surface area contributed by atoms with Gasteiger partial charge in [-0.25, -0.2) is 22.3 Å². The molecular weight excluding hydrogens is 387 g/mol. The van der Waals surface area contributed by atoms with Gasteiger partial charge in [-0.15, -0.1) is 0 Å². The first-order valence-electron chi connectivity index (χ1n) is 7.06. The van der Waals surface area contributed by atoms with Gasteiger partial charge in [-0.2, -0.15) is 5.10 Å². The SMILES string of the molecule is CS(=O)(=O)c1cccc2c1c(=O)c(C(=O)O)nn2-c1ccc(Cl)cc1F. The Morgan fingerprint density at radius 3 is 2.54 bits per heavy atom. The lowest BCUT2D eigenvalue weighted by atomic mass is 10.2. The minimum absolute atomic E-state index is 0.0517. The number of carboxylic acids is 1. The van der Waals surface area contributed by atoms with Crippen LogP contribution >= 0.6 is 11.6 Å². The number of benzene rings is 2. The number of aromatic nitrogens is 2. The lowest BCUT2D eigenvalue weighted by molar-refractivity contribution is 0.0687. The number of halogens is 2. The second kappa shape index (κ2) is 6.19. The summed E-state index contributed by atoms with van der Waals surface area (Å²) in [7, 11) is -3.86. The number of aromatic carboxylic acids is 1. The molecule has 134 valence electrons. The van der Waals surface area contributed by atoms with Gasteiger partial charge in [0.2, 0.25) is 11.1 Å². The van der Waals surface area contributed by atoms with Crippen molar-refractivity contribution in [2.75, 3.05) is 6.26 Å². The highest BCUT2D eigenvalue weighted by atomic mass is 35.5. The predicted molar refractivity (Wildman–Crippen MR) is 92.4 cm³/mol. The molecule has 1 heterocycles. The summed E-state index contributed by atoms with van der Waals surface area (Å²) in [4.78, 5) is 23.6. The summed E-state index contributed by atoms with van der Waals surface area (Å²) in [6, 6.07) is 7.46. The van der Waals surface area contributed by atoms with Crippen LogP contribution in [0.4, 0.5) is 4.39 Å². The molecule has 0 bridgehead atoms. The summed E-state index contributed by atoms with van der Waals surface area (Å²) in [5.41, 5.74) is -2.24. The molecule has 1 aromatic heterocycles. The fourth-order valence-corrected chi connectivity index (χ4v) is 3.58. The highest BCUT2D eigenvalue weighted by Crippen LogP contribution is 2.25. The largest absolute Gasteiger partial charge is 0.476 e. The maximum Gasteiger partial charge on any atom is 0.360 e. The Bertz CT molecular complexity index is 1240. The van der Waals surface area contributed by atoms with E-state index in [4.69, 9.17) is 11.6 Å². The molecule has 0 spiro atoms. The van der Waals surface area contributed by atoms with Crippen molar-refractivity contribution in [3.63, 3.8) is 0 Å². The minimum Gasteiger partial charge on any atom is -0.476 e. The summed E-state index contributed by atoms with van der Waals surface area (Å²) in [6.07, 6.45) is 0.884. The molecule has 0 aliphatic rings. The van der Waals surface area contributed by atoms with Gasteiger partial charge < -0.3 is 5.11 Å². The Hall–Kier alpha value is -2.78. The number of nitrogens with zero attached hydrogens (tertiary/aromatic N) is 2. The van der Waals surface area contributed by atoms with Crippen LogP contribution in [0.15, 0.2) is 46.1 Å². The second-order valence-electron chi connectivity index (χ2n) is 5.41. The molecule has 3 rings (SSSR count). The molecule has 2 aromatic carbocycles. The molecule has 0 atom stereocenters. The van der Waals surface area contributed by atoms with E-state index in [0.29, 0.717) is 0 Å². The molecule has 0 aliphatic carbocycles. The fraction of sp³-hybridized carbons (Fsp3) is 0.0625. The van der Waals surface area contributed by atoms with Crippen molar-refractivity contribution < 1.29 is 22.7 Å². The fourth-order valence-electron chi connectivity index (χ4n) is 2.53. The topological polar surface area (TPSA) is 106 Å². The minimum atomic E-state index is -3.86. The van der Waals surface area contributed by atoms with Gasteiger partial charge in [0.1, 0.15) is 11.5 Å². The van der Waals surface area contributed by atoms with Crippen LogP contribution in [0.2, 0.25) is 5.02 Å². The Morgan fingerprint density at radius 2 is 1.96 bits per heavy atom. The van der Waals surface area contributed by atoms with Gasteiger partial charge >= 0.3 is 5.97 Å². The van der Waals surface area contributed by atoms with Crippen molar-refractivity contribution in [1.29, 1.82) is 0 Å². The van der Waals surface area contributed by atoms with Gasteiger partial charge in [0.25, 0.3) is 0 Å². The third kappa shape index (κ3) is 2.95. The molecule has 0 saturated carbocycles. The normalized spacial score (nSPS) is 11.7. The van der Waals surface area contributed by atoms with Gasteiger partial charge in [0, 0.05) is 11.3 Å². The Morgan fingerprint density at radius 1 is 1.27 bits per heavy atom. The van der Waals surface area contributed by atoms with Crippen LogP contribution in [0.1, 0.15) is 10.5 Å². The molecule has 3 aromatic rings. The number of carboxylic acid groups (broad SMARTS) is 1. The van der Waals surface area contributed by atoms with E-state index in [-0.39, 0.29) is 26.5 Å². The first-order chi connectivity index (χ1) is 12.1. The number of sulfone groups is 1. The quantitative estimate of drug-likeness (QED) is 0.728. The molecular formula is C16H10ClFN2O5S. The summed E-state index contributed by atoms with van der Waals surface area (Å²) in [5, 5.41) is 12.7. The number of hydrogen-bond acceptors (Lipinski definition) is 5. The van der Waals surface area contributed by atoms with Crippen LogP contribution < -0.4 is 5.43 Å². The van der Waals surface area contributed by atoms with Crippen molar-refractivity contribution in [2.24, 2.45) is 0 Å². The first kappa shape index (κ1) is 18.0. The highest BCUT2D eigenvalue weighted by Gasteiger charge is 2.23. The lowest BCUT2D eigenvalue weighted by Crippen LogP contribution is -2.24. The van der Waals surface area contributed by atoms with Crippen LogP contribution in [0.25, 0.3) is 16.6 Å². The third-order valence-electron chi connectivity index (χ3n) is 3.61. The molecule has 26 heavy (non-hydrogen) atoms. The molecule has 0 unspecified atom stereocenters. The Balaban J connectivity index is 2.58. The standard InChI is InChI=1S/C16H10ClFN2O5S/c1-26(24,25)12-4-2-3-11-13(12)15(21)14(16(22)23)19-20(11)10-6-5-8(17)7-9(10)18/h2-7H,1H3,(H,22,23). The van der Waals surface area contributed by atoms with Crippen molar-refractivity contribution >= 4 is 38.3 Å². The van der Waals surface area contributed by atoms with Gasteiger partial charge in [-0.3, -0.25) is 4.79 Å². The van der Waals surface area contributed by atoms with E-state index in [2.05, 4.69) is 5.10 Å². The summed E-state index contributed by atoms with van der Waals surface area (Å²) in [6.45, 7) is 0. The van der Waals surface area contributed by atoms with Gasteiger partial charge in [0.05, 0.1) is 15.8 Å². The van der Waals surface area contributed by atoms with Gasteiger partial charge in [-0.05, 0) is 30.3 Å². The average molecular weight is 397 g/mol. The number of hydrogen-bond donors (Lipinski definition) is 1. The maximum absolute atomic E-state index is 14.3. The van der Waals surface area contributed by atoms with Crippen LogP contribution in [-0.2, 0) is 9.84 Å². The number of fused-ring (bicyclic) bond motifs is 1. The van der Waals surface area contributed by atoms with Gasteiger partial charge in [-0.1, -0.05) is 17.7 Å². The van der Waals surface area contributed by atoms with Crippen LogP contribution in [0.5, 0.6) is 0 Å². The maximum atomic E-state index is 14.3. The van der Waals surface area contributed by atoms with E-state index in [1.54, 1.807) is 0 Å². The van der Waals surface area contributed by atoms with Crippen LogP contribution in [0.3, 0.4) is 0 Å². The summed E-state index contributed by atoms with van der Waals surface area (Å²) in [5.74, 6) is -2.49. The molecule has 10 heteroatoms. The summed E-state index contributed by atoms with van der Waals surface area (Å²) >= 11 is 5.72. The zero-order valence-electron chi connectivity index (χ0n) is 13.1. The van der Waals surface area contributed by atoms with Crippen LogP contribution in [0, 0.1) is 5.82 Å². The Labute approximate surface area is 151 Å². The number of carbonyl (C=O) groups is 1. The smallest absolute Gasteiger partial charge is 0.360 e. The van der Waals surface area contributed by atoms with Crippen molar-refractivity contribution in [1.82, 2.24) is 9.78 Å². The molecule has 0 radical (unpaired) electrons. The first-order valence-corrected chi connectivity index (χ1v) is 9.33. The zero-order chi connectivity index (χ0) is 19.2. The zero-order valence-corrected chi connectivity index (χ0v) is 14.7. The van der Waals surface area contributed by atoms with Gasteiger partial charge in [0.15, 0.2) is 9.84 Å². The predicted octanol–water partition coefficient (Wildman–Crippen LogP) is 2.28. The van der Waals surface area contributed by atoms with Crippen LogP contribution in [-0.4, -0.2) is 35.5 Å². The molecule has 0 saturated heterocycles. The molecule has 7 nitrogen and oxygen atoms in total. The number of rotatable bonds is 3. The van der Waals surface area contributed by atoms with E-state index in [0.717, 1.165) is 17.0 Å². The van der Waals surface area contributed by atoms with E-state index in [1.807, 2.05) is 0 Å². The molecule has 0 amide bonds. The van der Waals surface area contributed by atoms with Crippen molar-refractivity contribution in [2.45, 2.75) is 4.90 Å². The lowest BCUT2D eigenvalue weighted by Gasteiger charge is -2.13. The van der Waals surface area contributed by atoms with E-state index in [1.165, 1.54) is 30.3 Å². The molecule has 0 fully saturated rings. The summed E-state index contributed by atoms with van der Waals surface area (Å²) < 4.78 is 39.3. The average Bonchev–Trinajstić information content (AvgIpc) is 2.54. The van der Waals surface area contributed by atoms with E-state index >= 15 is 0 Å². The third-order valence-corrected chi connectivity index (χ3v) is 4.99. The highest BCUT2D eigenvalue weighted by molar-refractivity contribution is 7.91. The Kier molecular flexibility index (Phi) is 4.29. The molecule has 1 N–H and O–H groups in total. The monoisotopic (exact) mass is 396 g/mol. The van der Waals surface area contributed by atoms with E-state index in [9.17, 15) is 27.5 Å². The second-order valence-corrected chi connectivity index (χ2v) is 7.83. The van der Waals surface area contributed by atoms with E-state index < -0.39 is 32.7 Å². The molecule has 0 aliphatic heterocycles.